The van der Waals surface area contributed by atoms with Crippen LogP contribution in [0.1, 0.15) is 64.2 Å². The smallest absolute Gasteiger partial charge is 0.309 e. The van der Waals surface area contributed by atoms with Crippen molar-refractivity contribution >= 4 is 29.7 Å². The van der Waals surface area contributed by atoms with Gasteiger partial charge in [0.05, 0.1) is 50.8 Å². The lowest BCUT2D eigenvalue weighted by molar-refractivity contribution is -0.166. The molecule has 0 aromatic carbocycles. The molecule has 42 heavy (non-hydrogen) atoms. The Morgan fingerprint density at radius 3 is 1.62 bits per heavy atom. The highest BCUT2D eigenvalue weighted by Crippen LogP contribution is 2.30. The van der Waals surface area contributed by atoms with E-state index in [0.29, 0.717) is 19.3 Å². The van der Waals surface area contributed by atoms with Gasteiger partial charge >= 0.3 is 17.9 Å². The molecular weight excluding hydrogens is 556 g/mol. The third-order valence-corrected chi connectivity index (χ3v) is 7.79. The van der Waals surface area contributed by atoms with Gasteiger partial charge in [0, 0.05) is 40.0 Å². The Morgan fingerprint density at radius 1 is 0.690 bits per heavy atom. The van der Waals surface area contributed by atoms with Crippen molar-refractivity contribution in [1.29, 1.82) is 0 Å². The molecule has 0 radical (unpaired) electrons. The second kappa shape index (κ2) is 18.0. The Kier molecular flexibility index (Phi) is 15.2. The maximum atomic E-state index is 12.6. The molecule has 0 bridgehead atoms. The van der Waals surface area contributed by atoms with Crippen LogP contribution in [-0.2, 0) is 38.2 Å². The van der Waals surface area contributed by atoms with Crippen molar-refractivity contribution in [3.8, 4) is 0 Å². The van der Waals surface area contributed by atoms with Gasteiger partial charge in [0.15, 0.2) is 0 Å². The predicted molar refractivity (Wildman–Crippen MR) is 145 cm³/mol. The minimum Gasteiger partial charge on any atom is -0.465 e. The minimum atomic E-state index is -1.05. The topological polar surface area (TPSA) is 200 Å². The van der Waals surface area contributed by atoms with Crippen molar-refractivity contribution in [3.63, 3.8) is 0 Å². The van der Waals surface area contributed by atoms with Crippen LogP contribution in [0.5, 0.6) is 0 Å². The van der Waals surface area contributed by atoms with Crippen LogP contribution < -0.4 is 0 Å². The fraction of sp³-hybridized carbons (Fsp3) is 0.821. The fourth-order valence-electron chi connectivity index (χ4n) is 5.09. The number of nitrogens with zero attached hydrogens (tertiary/aromatic N) is 2. The number of carbonyl (C=O) groups excluding carboxylic acids is 5. The van der Waals surface area contributed by atoms with E-state index in [9.17, 15) is 34.2 Å². The molecule has 2 aliphatic carbocycles. The minimum absolute atomic E-state index is 0.0548. The number of hydrogen-bond acceptors (Lipinski definition) is 12. The highest BCUT2D eigenvalue weighted by molar-refractivity contribution is 5.82. The van der Waals surface area contributed by atoms with E-state index in [4.69, 9.17) is 24.4 Å². The van der Waals surface area contributed by atoms with Crippen molar-refractivity contribution in [2.75, 3.05) is 47.0 Å². The first-order valence-corrected chi connectivity index (χ1v) is 14.6. The SMILES string of the molecule is CN(CCO)C(=O)CCC(=O)OC1CCC(COC(=O)C2CCC(OC(=O)CCC(=O)N(C)CCO)C(O)C2)CC1O. The van der Waals surface area contributed by atoms with Crippen LogP contribution >= 0.6 is 0 Å². The van der Waals surface area contributed by atoms with Gasteiger partial charge in [0.2, 0.25) is 11.8 Å². The highest BCUT2D eigenvalue weighted by Gasteiger charge is 2.37. The van der Waals surface area contributed by atoms with Gasteiger partial charge in [-0.05, 0) is 44.4 Å². The fourth-order valence-corrected chi connectivity index (χ4v) is 5.09. The van der Waals surface area contributed by atoms with Crippen molar-refractivity contribution < 1.29 is 58.6 Å². The summed E-state index contributed by atoms with van der Waals surface area (Å²) in [6, 6.07) is 0. The Balaban J connectivity index is 1.66. The van der Waals surface area contributed by atoms with Crippen LogP contribution in [0.25, 0.3) is 0 Å². The molecule has 0 heterocycles. The number of amides is 2. The van der Waals surface area contributed by atoms with Gasteiger partial charge < -0.3 is 44.4 Å². The summed E-state index contributed by atoms with van der Waals surface area (Å²) in [5, 5.41) is 38.7. The molecule has 2 saturated carbocycles. The molecule has 240 valence electrons. The summed E-state index contributed by atoms with van der Waals surface area (Å²) < 4.78 is 16.1. The average molecular weight is 603 g/mol. The molecule has 14 nitrogen and oxygen atoms in total. The zero-order valence-corrected chi connectivity index (χ0v) is 24.5. The molecule has 0 aromatic heterocycles. The van der Waals surface area contributed by atoms with E-state index < -0.39 is 48.2 Å². The summed E-state index contributed by atoms with van der Waals surface area (Å²) in [6.45, 7) is 0.0676. The van der Waals surface area contributed by atoms with E-state index in [2.05, 4.69) is 0 Å². The summed E-state index contributed by atoms with van der Waals surface area (Å²) in [4.78, 5) is 63.3. The molecule has 6 atom stereocenters. The van der Waals surface area contributed by atoms with Gasteiger partial charge in [0.1, 0.15) is 12.2 Å². The van der Waals surface area contributed by atoms with Crippen LogP contribution in [0.3, 0.4) is 0 Å². The average Bonchev–Trinajstić information content (AvgIpc) is 2.95. The monoisotopic (exact) mass is 602 g/mol. The maximum absolute atomic E-state index is 12.6. The largest absolute Gasteiger partial charge is 0.465 e. The molecule has 0 spiro atoms. The van der Waals surface area contributed by atoms with Crippen LogP contribution in [0.15, 0.2) is 0 Å². The number of hydrogen-bond donors (Lipinski definition) is 4. The number of likely N-dealkylation sites (N-methyl/N-ethyl adjacent to an activating group) is 2. The number of rotatable bonds is 15. The maximum Gasteiger partial charge on any atom is 0.309 e. The zero-order chi connectivity index (χ0) is 31.2. The first-order chi connectivity index (χ1) is 19.9. The van der Waals surface area contributed by atoms with Crippen LogP contribution in [0.4, 0.5) is 0 Å². The van der Waals surface area contributed by atoms with E-state index in [0.717, 1.165) is 0 Å². The van der Waals surface area contributed by atoms with Gasteiger partial charge in [-0.15, -0.1) is 0 Å². The summed E-state index contributed by atoms with van der Waals surface area (Å²) in [7, 11) is 3.05. The summed E-state index contributed by atoms with van der Waals surface area (Å²) >= 11 is 0. The third kappa shape index (κ3) is 11.8. The van der Waals surface area contributed by atoms with Gasteiger partial charge in [-0.1, -0.05) is 0 Å². The first kappa shape index (κ1) is 35.4. The first-order valence-electron chi connectivity index (χ1n) is 14.6. The van der Waals surface area contributed by atoms with Crippen molar-refractivity contribution in [2.45, 2.75) is 88.6 Å². The van der Waals surface area contributed by atoms with Gasteiger partial charge in [-0.3, -0.25) is 24.0 Å². The molecule has 14 heteroatoms. The second-order valence-corrected chi connectivity index (χ2v) is 11.1. The molecule has 0 aromatic rings. The number of esters is 3. The van der Waals surface area contributed by atoms with Crippen molar-refractivity contribution in [3.05, 3.63) is 0 Å². The molecule has 2 rings (SSSR count). The molecule has 2 aliphatic rings. The van der Waals surface area contributed by atoms with E-state index in [1.807, 2.05) is 0 Å². The Hall–Kier alpha value is -2.81. The van der Waals surface area contributed by atoms with Gasteiger partial charge in [-0.25, -0.2) is 0 Å². The third-order valence-electron chi connectivity index (χ3n) is 7.79. The van der Waals surface area contributed by atoms with E-state index in [-0.39, 0.29) is 95.6 Å². The zero-order valence-electron chi connectivity index (χ0n) is 24.5. The van der Waals surface area contributed by atoms with Crippen LogP contribution in [0.2, 0.25) is 0 Å². The highest BCUT2D eigenvalue weighted by atomic mass is 16.6. The lowest BCUT2D eigenvalue weighted by Gasteiger charge is -2.34. The molecule has 0 saturated heterocycles. The van der Waals surface area contributed by atoms with E-state index in [1.165, 1.54) is 23.9 Å². The standard InChI is InChI=1S/C28H46N2O12/c1-29(11-13-31)24(35)7-9-26(37)41-22-5-3-18(15-20(22)33)17-40-28(39)19-4-6-23(21(34)16-19)42-27(38)10-8-25(36)30(2)12-14-32/h18-23,31-34H,3-17H2,1-2H3. The van der Waals surface area contributed by atoms with Gasteiger partial charge in [0.25, 0.3) is 0 Å². The van der Waals surface area contributed by atoms with E-state index in [1.54, 1.807) is 0 Å². The van der Waals surface area contributed by atoms with E-state index >= 15 is 0 Å². The van der Waals surface area contributed by atoms with Crippen LogP contribution in [-0.4, -0.2) is 131 Å². The Morgan fingerprint density at radius 2 is 1.17 bits per heavy atom. The summed E-state index contributed by atoms with van der Waals surface area (Å²) in [5.41, 5.74) is 0. The van der Waals surface area contributed by atoms with Crippen molar-refractivity contribution in [2.24, 2.45) is 11.8 Å². The van der Waals surface area contributed by atoms with Gasteiger partial charge in [-0.2, -0.15) is 0 Å². The molecule has 2 fully saturated rings. The van der Waals surface area contributed by atoms with Crippen molar-refractivity contribution in [1.82, 2.24) is 9.80 Å². The number of aliphatic hydroxyl groups excluding tert-OH is 4. The second-order valence-electron chi connectivity index (χ2n) is 11.1. The predicted octanol–water partition coefficient (Wildman–Crippen LogP) is -0.863. The summed E-state index contributed by atoms with van der Waals surface area (Å²) in [5.74, 6) is -2.98. The quantitative estimate of drug-likeness (QED) is 0.134. The molecule has 4 N–H and O–H groups in total. The summed E-state index contributed by atoms with van der Waals surface area (Å²) in [6.07, 6.45) is -1.98. The Bertz CT molecular complexity index is 915. The molecule has 2 amide bonds. The Labute approximate surface area is 245 Å². The number of ether oxygens (including phenoxy) is 3. The molecular formula is C28H46N2O12. The van der Waals surface area contributed by atoms with Crippen LogP contribution in [0, 0.1) is 11.8 Å². The lowest BCUT2D eigenvalue weighted by atomic mass is 9.84. The molecule has 0 aliphatic heterocycles. The normalized spacial score (nSPS) is 25.7. The number of aliphatic hydroxyl groups is 4. The lowest BCUT2D eigenvalue weighted by Crippen LogP contribution is -2.41. The molecule has 6 unspecified atom stereocenters. The number of carbonyl (C=O) groups is 5.